The second kappa shape index (κ2) is 12.3. The number of nitrogens with one attached hydrogen (secondary N) is 1. The lowest BCUT2D eigenvalue weighted by atomic mass is 9.83. The van der Waals surface area contributed by atoms with Gasteiger partial charge in [-0.05, 0) is 31.6 Å². The van der Waals surface area contributed by atoms with Gasteiger partial charge in [-0.2, -0.15) is 40.2 Å². The molecule has 0 atom stereocenters. The largest absolute Gasteiger partial charge is 0.434 e. The van der Waals surface area contributed by atoms with Gasteiger partial charge in [0.25, 0.3) is 5.91 Å². The zero-order valence-electron chi connectivity index (χ0n) is 21.0. The molecule has 0 saturated heterocycles. The van der Waals surface area contributed by atoms with E-state index in [1.165, 1.54) is 4.68 Å². The standard InChI is InChI=1S/C24H27ClF8N4O2/c1-3-37-20(18(25)19(36-37)21(38)35-10-13-6-4-12(2)5-7-13)15-11-34-14(8-16(15)39-22(26)27)9-17(23(28,29)30)24(31,32)33/h8,11-13,17,22H,3-7,9-10H2,1-2H3,(H,35,38). The second-order valence-corrected chi connectivity index (χ2v) is 9.93. The maximum Gasteiger partial charge on any atom is 0.400 e. The van der Waals surface area contributed by atoms with Gasteiger partial charge in [0.15, 0.2) is 11.6 Å². The SMILES string of the molecule is CCn1nc(C(=O)NCC2CCC(C)CC2)c(Cl)c1-c1cnc(CC(C(F)(F)F)C(F)(F)F)cc1OC(F)F. The number of nitrogens with zero attached hydrogens (tertiary/aromatic N) is 3. The first-order chi connectivity index (χ1) is 18.1. The number of carbonyl (C=O) groups is 1. The summed E-state index contributed by atoms with van der Waals surface area (Å²) < 4.78 is 110. The summed E-state index contributed by atoms with van der Waals surface area (Å²) in [6.45, 7) is 0.753. The molecule has 2 aromatic heterocycles. The van der Waals surface area contributed by atoms with Crippen molar-refractivity contribution in [1.82, 2.24) is 20.1 Å². The minimum atomic E-state index is -5.65. The number of hydrogen-bond donors (Lipinski definition) is 1. The van der Waals surface area contributed by atoms with Gasteiger partial charge in [-0.1, -0.05) is 31.4 Å². The van der Waals surface area contributed by atoms with Crippen LogP contribution in [0.3, 0.4) is 0 Å². The highest BCUT2D eigenvalue weighted by atomic mass is 35.5. The molecule has 15 heteroatoms. The molecule has 0 aromatic carbocycles. The monoisotopic (exact) mass is 590 g/mol. The van der Waals surface area contributed by atoms with E-state index in [-0.39, 0.29) is 34.4 Å². The van der Waals surface area contributed by atoms with E-state index in [2.05, 4.69) is 27.1 Å². The fourth-order valence-electron chi connectivity index (χ4n) is 4.51. The minimum absolute atomic E-state index is 0.0862. The first kappa shape index (κ1) is 30.9. The second-order valence-electron chi connectivity index (χ2n) is 9.55. The van der Waals surface area contributed by atoms with Crippen LogP contribution >= 0.6 is 11.6 Å². The Kier molecular flexibility index (Phi) is 9.71. The van der Waals surface area contributed by atoms with Crippen LogP contribution in [0, 0.1) is 17.8 Å². The molecular formula is C24H27ClF8N4O2. The van der Waals surface area contributed by atoms with Crippen molar-refractivity contribution in [2.24, 2.45) is 17.8 Å². The molecule has 1 fully saturated rings. The van der Waals surface area contributed by atoms with Gasteiger partial charge in [0.05, 0.1) is 16.3 Å². The summed E-state index contributed by atoms with van der Waals surface area (Å²) in [5, 5.41) is 6.65. The number of halogens is 9. The molecule has 218 valence electrons. The number of aromatic nitrogens is 3. The van der Waals surface area contributed by atoms with Crippen LogP contribution in [0.4, 0.5) is 35.1 Å². The molecule has 0 bridgehead atoms. The van der Waals surface area contributed by atoms with Crippen LogP contribution in [0.2, 0.25) is 5.02 Å². The fourth-order valence-corrected chi connectivity index (χ4v) is 4.83. The molecule has 1 aliphatic rings. The average Bonchev–Trinajstić information content (AvgIpc) is 3.16. The summed E-state index contributed by atoms with van der Waals surface area (Å²) in [5.74, 6) is -4.26. The van der Waals surface area contributed by atoms with Gasteiger partial charge in [0, 0.05) is 37.5 Å². The number of aryl methyl sites for hydroxylation is 1. The lowest BCUT2D eigenvalue weighted by Crippen LogP contribution is -2.38. The molecular weight excluding hydrogens is 564 g/mol. The Morgan fingerprint density at radius 2 is 1.77 bits per heavy atom. The topological polar surface area (TPSA) is 69.0 Å². The van der Waals surface area contributed by atoms with Crippen LogP contribution in [0.1, 0.15) is 55.7 Å². The number of carbonyl (C=O) groups excluding carboxylic acids is 1. The summed E-state index contributed by atoms with van der Waals surface area (Å²) >= 11 is 6.42. The van der Waals surface area contributed by atoms with Gasteiger partial charge in [0.2, 0.25) is 0 Å². The first-order valence-electron chi connectivity index (χ1n) is 12.2. The molecule has 6 nitrogen and oxygen atoms in total. The zero-order chi connectivity index (χ0) is 29.1. The molecule has 3 rings (SSSR count). The Morgan fingerprint density at radius 1 is 1.15 bits per heavy atom. The summed E-state index contributed by atoms with van der Waals surface area (Å²) in [6.07, 6.45) is -8.20. The van der Waals surface area contributed by atoms with E-state index in [9.17, 15) is 39.9 Å². The molecule has 0 unspecified atom stereocenters. The Balaban J connectivity index is 1.94. The van der Waals surface area contributed by atoms with E-state index in [0.29, 0.717) is 18.5 Å². The number of amides is 1. The predicted molar refractivity (Wildman–Crippen MR) is 126 cm³/mol. The zero-order valence-corrected chi connectivity index (χ0v) is 21.7. The summed E-state index contributed by atoms with van der Waals surface area (Å²) in [4.78, 5) is 16.5. The van der Waals surface area contributed by atoms with Crippen LogP contribution in [-0.4, -0.2) is 46.2 Å². The van der Waals surface area contributed by atoms with Crippen molar-refractivity contribution in [3.05, 3.63) is 28.7 Å². The third-order valence-electron chi connectivity index (χ3n) is 6.69. The van der Waals surface area contributed by atoms with Crippen molar-refractivity contribution >= 4 is 17.5 Å². The number of alkyl halides is 8. The van der Waals surface area contributed by atoms with Crippen molar-refractivity contribution < 1.29 is 44.7 Å². The molecule has 1 saturated carbocycles. The predicted octanol–water partition coefficient (Wildman–Crippen LogP) is 7.06. The number of hydrogen-bond acceptors (Lipinski definition) is 4. The molecule has 1 N–H and O–H groups in total. The Labute approximate surface area is 224 Å². The highest BCUT2D eigenvalue weighted by Crippen LogP contribution is 2.43. The Hall–Kier alpha value is -2.64. The van der Waals surface area contributed by atoms with E-state index < -0.39 is 48.7 Å². The van der Waals surface area contributed by atoms with E-state index in [0.717, 1.165) is 31.9 Å². The summed E-state index contributed by atoms with van der Waals surface area (Å²) in [7, 11) is 0. The van der Waals surface area contributed by atoms with Gasteiger partial charge < -0.3 is 10.1 Å². The average molecular weight is 591 g/mol. The van der Waals surface area contributed by atoms with Crippen molar-refractivity contribution in [2.45, 2.75) is 71.5 Å². The fraction of sp³-hybridized carbons (Fsp3) is 0.625. The van der Waals surface area contributed by atoms with Crippen LogP contribution in [0.25, 0.3) is 11.3 Å². The molecule has 2 aromatic rings. The van der Waals surface area contributed by atoms with Gasteiger partial charge >= 0.3 is 19.0 Å². The highest BCUT2D eigenvalue weighted by Gasteiger charge is 2.56. The summed E-state index contributed by atoms with van der Waals surface area (Å²) in [6, 6.07) is 0.569. The third-order valence-corrected chi connectivity index (χ3v) is 7.05. The smallest absolute Gasteiger partial charge is 0.400 e. The van der Waals surface area contributed by atoms with Crippen molar-refractivity contribution in [3.8, 4) is 17.0 Å². The number of rotatable bonds is 9. The van der Waals surface area contributed by atoms with Gasteiger partial charge in [-0.25, -0.2) is 0 Å². The maximum atomic E-state index is 13.2. The highest BCUT2D eigenvalue weighted by molar-refractivity contribution is 6.36. The number of pyridine rings is 1. The van der Waals surface area contributed by atoms with Crippen molar-refractivity contribution in [2.75, 3.05) is 6.54 Å². The van der Waals surface area contributed by atoms with Crippen molar-refractivity contribution in [1.29, 1.82) is 0 Å². The van der Waals surface area contributed by atoms with Gasteiger partial charge in [-0.3, -0.25) is 14.5 Å². The molecule has 0 spiro atoms. The first-order valence-corrected chi connectivity index (χ1v) is 12.6. The third kappa shape index (κ3) is 7.73. The van der Waals surface area contributed by atoms with E-state index in [4.69, 9.17) is 11.6 Å². The van der Waals surface area contributed by atoms with Gasteiger partial charge in [0.1, 0.15) is 5.75 Å². The molecule has 39 heavy (non-hydrogen) atoms. The van der Waals surface area contributed by atoms with Crippen LogP contribution < -0.4 is 10.1 Å². The van der Waals surface area contributed by atoms with E-state index in [1.807, 2.05) is 0 Å². The van der Waals surface area contributed by atoms with Crippen molar-refractivity contribution in [3.63, 3.8) is 0 Å². The Bertz CT molecular complexity index is 1130. The number of ether oxygens (including phenoxy) is 1. The quantitative estimate of drug-likeness (QED) is 0.318. The van der Waals surface area contributed by atoms with Crippen LogP contribution in [0.5, 0.6) is 5.75 Å². The molecule has 1 amide bonds. The van der Waals surface area contributed by atoms with Crippen LogP contribution in [-0.2, 0) is 13.0 Å². The maximum absolute atomic E-state index is 13.2. The minimum Gasteiger partial charge on any atom is -0.434 e. The molecule has 0 radical (unpaired) electrons. The normalized spacial score (nSPS) is 18.6. The lowest BCUT2D eigenvalue weighted by Gasteiger charge is -2.26. The Morgan fingerprint density at radius 3 is 2.31 bits per heavy atom. The lowest BCUT2D eigenvalue weighted by molar-refractivity contribution is -0.283. The van der Waals surface area contributed by atoms with Crippen LogP contribution in [0.15, 0.2) is 12.3 Å². The molecule has 1 aliphatic carbocycles. The van der Waals surface area contributed by atoms with Gasteiger partial charge in [-0.15, -0.1) is 0 Å². The van der Waals surface area contributed by atoms with E-state index in [1.54, 1.807) is 6.92 Å². The summed E-state index contributed by atoms with van der Waals surface area (Å²) in [5.41, 5.74) is -1.39. The molecule has 0 aliphatic heterocycles. The van der Waals surface area contributed by atoms with E-state index >= 15 is 0 Å². The molecule has 2 heterocycles.